The van der Waals surface area contributed by atoms with Crippen molar-refractivity contribution in [3.63, 3.8) is 0 Å². The quantitative estimate of drug-likeness (QED) is 0.554. The molecule has 4 rings (SSSR count). The van der Waals surface area contributed by atoms with E-state index in [1.807, 2.05) is 6.92 Å². The molecule has 140 valence electrons. The number of aliphatic hydroxyl groups is 1. The second-order valence-electron chi connectivity index (χ2n) is 6.36. The number of fused-ring (bicyclic) bond motifs is 2. The fraction of sp³-hybridized carbons (Fsp3) is 0.278. The Balaban J connectivity index is 1.78. The smallest absolute Gasteiger partial charge is 0.256 e. The Morgan fingerprint density at radius 1 is 1.37 bits per heavy atom. The molecule has 27 heavy (non-hydrogen) atoms. The van der Waals surface area contributed by atoms with Gasteiger partial charge >= 0.3 is 0 Å². The summed E-state index contributed by atoms with van der Waals surface area (Å²) >= 11 is 0. The number of carbonyl (C=O) groups excluding carboxylic acids is 1. The zero-order valence-corrected chi connectivity index (χ0v) is 14.5. The summed E-state index contributed by atoms with van der Waals surface area (Å²) in [7, 11) is 0. The summed E-state index contributed by atoms with van der Waals surface area (Å²) < 4.78 is 20.9. The lowest BCUT2D eigenvalue weighted by Crippen LogP contribution is -2.35. The monoisotopic (exact) mass is 371 g/mol. The number of nitrogens with one attached hydrogen (secondary N) is 2. The molecular formula is C18H18FN5O3. The van der Waals surface area contributed by atoms with E-state index in [9.17, 15) is 14.3 Å². The zero-order chi connectivity index (χ0) is 19.0. The molecule has 1 aliphatic rings. The van der Waals surface area contributed by atoms with Gasteiger partial charge in [-0.3, -0.25) is 4.79 Å². The van der Waals surface area contributed by atoms with Crippen LogP contribution in [0, 0.1) is 5.82 Å². The van der Waals surface area contributed by atoms with E-state index in [1.54, 1.807) is 12.3 Å². The van der Waals surface area contributed by atoms with Crippen LogP contribution >= 0.6 is 0 Å². The van der Waals surface area contributed by atoms with E-state index < -0.39 is 6.10 Å². The molecule has 2 unspecified atom stereocenters. The third-order valence-electron chi connectivity index (χ3n) is 4.35. The predicted octanol–water partition coefficient (Wildman–Crippen LogP) is 1.52. The van der Waals surface area contributed by atoms with Crippen molar-refractivity contribution in [2.45, 2.75) is 19.1 Å². The first kappa shape index (κ1) is 17.2. The van der Waals surface area contributed by atoms with Crippen molar-refractivity contribution in [3.05, 3.63) is 53.6 Å². The number of hydrogen-bond acceptors (Lipinski definition) is 6. The largest absolute Gasteiger partial charge is 0.490 e. The number of aromatic nitrogens is 3. The van der Waals surface area contributed by atoms with Crippen molar-refractivity contribution in [2.24, 2.45) is 0 Å². The number of halogens is 1. The van der Waals surface area contributed by atoms with Gasteiger partial charge in [0.05, 0.1) is 12.2 Å². The molecule has 2 aromatic heterocycles. The molecule has 0 fully saturated rings. The van der Waals surface area contributed by atoms with Crippen LogP contribution in [0.15, 0.2) is 36.7 Å². The maximum Gasteiger partial charge on any atom is 0.256 e. The summed E-state index contributed by atoms with van der Waals surface area (Å²) in [6.07, 6.45) is 2.17. The molecule has 2 atom stereocenters. The molecule has 8 nitrogen and oxygen atoms in total. The lowest BCUT2D eigenvalue weighted by molar-refractivity contribution is 0.0843. The van der Waals surface area contributed by atoms with Crippen LogP contribution in [0.4, 0.5) is 10.2 Å². The van der Waals surface area contributed by atoms with E-state index in [4.69, 9.17) is 4.74 Å². The molecule has 1 amide bonds. The number of carbonyl (C=O) groups is 1. The average molecular weight is 371 g/mol. The van der Waals surface area contributed by atoms with Crippen LogP contribution in [0.1, 0.15) is 28.9 Å². The van der Waals surface area contributed by atoms with E-state index >= 15 is 0 Å². The number of hydrogen-bond donors (Lipinski definition) is 3. The highest BCUT2D eigenvalue weighted by atomic mass is 19.1. The average Bonchev–Trinajstić information content (AvgIpc) is 3.07. The lowest BCUT2D eigenvalue weighted by Gasteiger charge is -2.21. The number of anilines is 1. The van der Waals surface area contributed by atoms with Gasteiger partial charge in [0.25, 0.3) is 5.91 Å². The van der Waals surface area contributed by atoms with Crippen LogP contribution in [0.5, 0.6) is 5.75 Å². The van der Waals surface area contributed by atoms with E-state index in [0.717, 1.165) is 0 Å². The summed E-state index contributed by atoms with van der Waals surface area (Å²) in [5, 5.41) is 20.0. The van der Waals surface area contributed by atoms with Crippen LogP contribution in [0.3, 0.4) is 0 Å². The number of benzene rings is 1. The minimum Gasteiger partial charge on any atom is -0.490 e. The van der Waals surface area contributed by atoms with Crippen molar-refractivity contribution < 1.29 is 19.0 Å². The van der Waals surface area contributed by atoms with Crippen molar-refractivity contribution in [3.8, 4) is 5.75 Å². The van der Waals surface area contributed by atoms with Gasteiger partial charge in [-0.05, 0) is 31.2 Å². The third-order valence-corrected chi connectivity index (χ3v) is 4.35. The van der Waals surface area contributed by atoms with Crippen molar-refractivity contribution in [1.82, 2.24) is 19.9 Å². The highest BCUT2D eigenvalue weighted by Crippen LogP contribution is 2.29. The van der Waals surface area contributed by atoms with E-state index in [1.165, 1.54) is 28.9 Å². The Labute approximate surface area is 154 Å². The normalized spacial score (nSPS) is 20.3. The van der Waals surface area contributed by atoms with Crippen LogP contribution in [0.25, 0.3) is 5.65 Å². The maximum absolute atomic E-state index is 13.8. The second-order valence-corrected chi connectivity index (χ2v) is 6.36. The van der Waals surface area contributed by atoms with Gasteiger partial charge < -0.3 is 20.5 Å². The SMILES string of the molecule is CC1Nc2ccn3ncc(c3n2)C(=O)NCC(O)COc2ccc(F)cc21. The summed E-state index contributed by atoms with van der Waals surface area (Å²) in [5.41, 5.74) is 1.27. The number of aliphatic hydroxyl groups excluding tert-OH is 1. The van der Waals surface area contributed by atoms with Crippen LogP contribution < -0.4 is 15.4 Å². The predicted molar refractivity (Wildman–Crippen MR) is 95.3 cm³/mol. The highest BCUT2D eigenvalue weighted by molar-refractivity contribution is 5.99. The highest BCUT2D eigenvalue weighted by Gasteiger charge is 2.19. The zero-order valence-electron chi connectivity index (χ0n) is 14.5. The van der Waals surface area contributed by atoms with Gasteiger partial charge in [-0.25, -0.2) is 13.9 Å². The third kappa shape index (κ3) is 3.41. The van der Waals surface area contributed by atoms with Gasteiger partial charge in [-0.2, -0.15) is 5.10 Å². The van der Waals surface area contributed by atoms with Crippen molar-refractivity contribution in [1.29, 1.82) is 0 Å². The fourth-order valence-corrected chi connectivity index (χ4v) is 2.95. The summed E-state index contributed by atoms with van der Waals surface area (Å²) in [6.45, 7) is 1.80. The summed E-state index contributed by atoms with van der Waals surface area (Å²) in [4.78, 5) is 16.8. The van der Waals surface area contributed by atoms with Crippen LogP contribution in [-0.4, -0.2) is 44.9 Å². The van der Waals surface area contributed by atoms with Crippen molar-refractivity contribution >= 4 is 17.4 Å². The molecule has 1 aliphatic heterocycles. The van der Waals surface area contributed by atoms with Crippen LogP contribution in [-0.2, 0) is 0 Å². The number of rotatable bonds is 0. The molecule has 2 bridgehead atoms. The van der Waals surface area contributed by atoms with E-state index in [0.29, 0.717) is 28.3 Å². The van der Waals surface area contributed by atoms with Gasteiger partial charge in [-0.1, -0.05) is 0 Å². The molecule has 3 aromatic rings. The first-order valence-corrected chi connectivity index (χ1v) is 8.50. The van der Waals surface area contributed by atoms with Gasteiger partial charge in [0.15, 0.2) is 5.65 Å². The van der Waals surface area contributed by atoms with Gasteiger partial charge in [-0.15, -0.1) is 0 Å². The summed E-state index contributed by atoms with van der Waals surface area (Å²) in [5.74, 6) is 0.185. The number of nitrogens with zero attached hydrogens (tertiary/aromatic N) is 3. The maximum atomic E-state index is 13.8. The molecule has 1 aromatic carbocycles. The Bertz CT molecular complexity index is 1010. The molecule has 3 N–H and O–H groups in total. The summed E-state index contributed by atoms with van der Waals surface area (Å²) in [6, 6.07) is 5.59. The number of β-amino-alcohol motifs (C(OH)–C–C–N with tert-alkyl or cyclic N) is 1. The molecule has 0 saturated heterocycles. The first-order valence-electron chi connectivity index (χ1n) is 8.50. The van der Waals surface area contributed by atoms with Gasteiger partial charge in [0.1, 0.15) is 35.7 Å². The van der Waals surface area contributed by atoms with Gasteiger partial charge in [0, 0.05) is 18.3 Å². The number of ether oxygens (including phenoxy) is 1. The minimum absolute atomic E-state index is 0.000194. The Morgan fingerprint density at radius 2 is 2.22 bits per heavy atom. The molecule has 9 heteroatoms. The van der Waals surface area contributed by atoms with Crippen molar-refractivity contribution in [2.75, 3.05) is 18.5 Å². The Morgan fingerprint density at radius 3 is 3.07 bits per heavy atom. The lowest BCUT2D eigenvalue weighted by atomic mass is 10.1. The molecule has 3 heterocycles. The topological polar surface area (TPSA) is 101 Å². The minimum atomic E-state index is -0.927. The van der Waals surface area contributed by atoms with E-state index in [-0.39, 0.29) is 30.9 Å². The second kappa shape index (κ2) is 6.84. The Hall–Kier alpha value is -3.20. The van der Waals surface area contributed by atoms with Crippen LogP contribution in [0.2, 0.25) is 0 Å². The van der Waals surface area contributed by atoms with E-state index in [2.05, 4.69) is 20.7 Å². The molecule has 0 spiro atoms. The fourth-order valence-electron chi connectivity index (χ4n) is 2.95. The molecular weight excluding hydrogens is 353 g/mol. The molecule has 0 radical (unpaired) electrons. The Kier molecular flexibility index (Phi) is 4.36. The first-order chi connectivity index (χ1) is 13.0. The standard InChI is InChI=1S/C18H18FN5O3/c1-10-13-6-11(19)2-3-15(13)27-9-12(25)7-20-18(26)14-8-21-24-5-4-16(22-10)23-17(14)24/h2-6,8,10,12,25H,7,9H2,1H3,(H,20,26)(H,22,23). The number of amides is 1. The molecule has 0 saturated carbocycles. The molecule has 0 aliphatic carbocycles. The van der Waals surface area contributed by atoms with Gasteiger partial charge in [0.2, 0.25) is 0 Å².